The second-order valence-electron chi connectivity index (χ2n) is 7.70. The Bertz CT molecular complexity index is 1500. The molecule has 15 heteroatoms. The van der Waals surface area contributed by atoms with E-state index in [9.17, 15) is 31.5 Å². The summed E-state index contributed by atoms with van der Waals surface area (Å²) in [5.41, 5.74) is 4.28. The summed E-state index contributed by atoms with van der Waals surface area (Å²) in [6.45, 7) is 4.04. The van der Waals surface area contributed by atoms with Crippen LogP contribution in [0.1, 0.15) is 50.6 Å². The smallest absolute Gasteiger partial charge is 0.365 e. The normalized spacial score (nSPS) is 12.0. The van der Waals surface area contributed by atoms with Crippen molar-refractivity contribution in [3.8, 4) is 11.1 Å². The average Bonchev–Trinajstić information content (AvgIpc) is 3.47. The number of carbonyl (C=O) groups excluding carboxylic acids is 2. The van der Waals surface area contributed by atoms with Gasteiger partial charge in [-0.3, -0.25) is 19.0 Å². The highest BCUT2D eigenvalue weighted by Crippen LogP contribution is 2.43. The molecule has 9 nitrogen and oxygen atoms in total. The van der Waals surface area contributed by atoms with Crippen LogP contribution in [0.25, 0.3) is 21.3 Å². The molecular formula is C21H18F5N7O2S. The van der Waals surface area contributed by atoms with E-state index in [0.29, 0.717) is 35.2 Å². The fourth-order valence-corrected chi connectivity index (χ4v) is 4.77. The van der Waals surface area contributed by atoms with Crippen molar-refractivity contribution in [3.63, 3.8) is 0 Å². The third-order valence-corrected chi connectivity index (χ3v) is 6.56. The van der Waals surface area contributed by atoms with Gasteiger partial charge in [-0.05, 0) is 25.5 Å². The number of nitrogens with two attached hydrogens (primary N) is 1. The van der Waals surface area contributed by atoms with Crippen molar-refractivity contribution >= 4 is 39.1 Å². The van der Waals surface area contributed by atoms with E-state index in [1.165, 1.54) is 6.20 Å². The first-order valence-electron chi connectivity index (χ1n) is 10.3. The molecule has 0 radical (unpaired) electrons. The summed E-state index contributed by atoms with van der Waals surface area (Å²) in [7, 11) is 1.15. The Morgan fingerprint density at radius 2 is 1.92 bits per heavy atom. The number of carbonyl (C=O) groups is 2. The first kappa shape index (κ1) is 25.2. The van der Waals surface area contributed by atoms with E-state index >= 15 is 0 Å². The maximum atomic E-state index is 13.7. The maximum absolute atomic E-state index is 13.7. The Labute approximate surface area is 203 Å². The molecule has 0 aliphatic heterocycles. The number of hydrogen-bond donors (Lipinski definition) is 2. The van der Waals surface area contributed by atoms with Gasteiger partial charge in [0, 0.05) is 36.3 Å². The van der Waals surface area contributed by atoms with Gasteiger partial charge in [0.1, 0.15) is 21.1 Å². The minimum absolute atomic E-state index is 0.0171. The summed E-state index contributed by atoms with van der Waals surface area (Å²) in [5, 5.41) is 10.1. The van der Waals surface area contributed by atoms with Crippen LogP contribution in [0.15, 0.2) is 18.3 Å². The van der Waals surface area contributed by atoms with Crippen molar-refractivity contribution in [1.82, 2.24) is 24.5 Å². The lowest BCUT2D eigenvalue weighted by Gasteiger charge is -2.11. The van der Waals surface area contributed by atoms with E-state index < -0.39 is 41.5 Å². The zero-order valence-electron chi connectivity index (χ0n) is 18.9. The van der Waals surface area contributed by atoms with Crippen LogP contribution in [0.2, 0.25) is 0 Å². The number of halogens is 5. The van der Waals surface area contributed by atoms with Crippen LogP contribution < -0.4 is 11.1 Å². The molecule has 4 heterocycles. The monoisotopic (exact) mass is 527 g/mol. The molecule has 4 aromatic rings. The predicted molar refractivity (Wildman–Crippen MR) is 121 cm³/mol. The summed E-state index contributed by atoms with van der Waals surface area (Å²) < 4.78 is 68.9. The fourth-order valence-electron chi connectivity index (χ4n) is 3.76. The molecule has 3 N–H and O–H groups in total. The number of thiophene rings is 1. The topological polar surface area (TPSA) is 121 Å². The quantitative estimate of drug-likeness (QED) is 0.357. The maximum Gasteiger partial charge on any atom is 0.435 e. The van der Waals surface area contributed by atoms with Crippen molar-refractivity contribution in [2.45, 2.75) is 33.0 Å². The van der Waals surface area contributed by atoms with Crippen LogP contribution in [0.3, 0.4) is 0 Å². The first-order valence-corrected chi connectivity index (χ1v) is 11.2. The van der Waals surface area contributed by atoms with Crippen LogP contribution in [0.4, 0.5) is 27.6 Å². The highest BCUT2D eigenvalue weighted by molar-refractivity contribution is 7.21. The van der Waals surface area contributed by atoms with E-state index in [2.05, 4.69) is 20.5 Å². The number of alkyl halides is 5. The van der Waals surface area contributed by atoms with Gasteiger partial charge in [-0.1, -0.05) is 0 Å². The van der Waals surface area contributed by atoms with Crippen LogP contribution >= 0.6 is 11.3 Å². The SMILES string of the molecule is CCn1ncc(-c2cc(C(F)F)nc3sc(C(N)=O)c(NC(=O)c4cc(C(F)(F)F)nn4C)c23)c1C. The molecule has 4 aromatic heterocycles. The van der Waals surface area contributed by atoms with Gasteiger partial charge in [-0.25, -0.2) is 13.8 Å². The molecule has 2 amide bonds. The number of nitrogens with one attached hydrogen (secondary N) is 1. The predicted octanol–water partition coefficient (Wildman–Crippen LogP) is 4.53. The second-order valence-corrected chi connectivity index (χ2v) is 8.69. The van der Waals surface area contributed by atoms with Crippen LogP contribution in [-0.4, -0.2) is 36.4 Å². The summed E-state index contributed by atoms with van der Waals surface area (Å²) in [6.07, 6.45) is -6.28. The molecule has 190 valence electrons. The molecule has 0 saturated carbocycles. The molecule has 4 rings (SSSR count). The first-order chi connectivity index (χ1) is 16.8. The third-order valence-electron chi connectivity index (χ3n) is 5.46. The van der Waals surface area contributed by atoms with Crippen LogP contribution in [-0.2, 0) is 19.8 Å². The van der Waals surface area contributed by atoms with Crippen molar-refractivity contribution in [2.24, 2.45) is 12.8 Å². The number of nitrogens with zero attached hydrogens (tertiary/aromatic N) is 5. The van der Waals surface area contributed by atoms with Crippen molar-refractivity contribution in [2.75, 3.05) is 5.32 Å². The van der Waals surface area contributed by atoms with Gasteiger partial charge >= 0.3 is 6.18 Å². The minimum atomic E-state index is -4.79. The number of pyridine rings is 1. The van der Waals surface area contributed by atoms with Gasteiger partial charge in [0.2, 0.25) is 0 Å². The van der Waals surface area contributed by atoms with Gasteiger partial charge in [0.25, 0.3) is 18.2 Å². The van der Waals surface area contributed by atoms with Crippen molar-refractivity contribution < 1.29 is 31.5 Å². The summed E-state index contributed by atoms with van der Waals surface area (Å²) in [4.78, 5) is 28.9. The molecule has 0 atom stereocenters. The van der Waals surface area contributed by atoms with Gasteiger partial charge < -0.3 is 11.1 Å². The molecule has 0 aromatic carbocycles. The molecule has 0 unspecified atom stereocenters. The van der Waals surface area contributed by atoms with Gasteiger partial charge in [-0.15, -0.1) is 11.3 Å². The Kier molecular flexibility index (Phi) is 6.28. The number of amides is 2. The average molecular weight is 527 g/mol. The van der Waals surface area contributed by atoms with Crippen LogP contribution in [0.5, 0.6) is 0 Å². The van der Waals surface area contributed by atoms with Gasteiger partial charge in [0.15, 0.2) is 5.69 Å². The van der Waals surface area contributed by atoms with Crippen molar-refractivity contribution in [1.29, 1.82) is 0 Å². The molecule has 0 aliphatic carbocycles. The zero-order valence-corrected chi connectivity index (χ0v) is 19.8. The highest BCUT2D eigenvalue weighted by Gasteiger charge is 2.36. The second kappa shape index (κ2) is 8.96. The number of primary amides is 1. The number of rotatable bonds is 6. The molecule has 0 spiro atoms. The summed E-state index contributed by atoms with van der Waals surface area (Å²) in [6, 6.07) is 1.67. The fraction of sp³-hybridized carbons (Fsp3) is 0.286. The lowest BCUT2D eigenvalue weighted by Crippen LogP contribution is -2.19. The van der Waals surface area contributed by atoms with Crippen LogP contribution in [0, 0.1) is 6.92 Å². The van der Waals surface area contributed by atoms with E-state index in [1.54, 1.807) is 11.6 Å². The Balaban J connectivity index is 1.95. The minimum Gasteiger partial charge on any atom is -0.365 e. The van der Waals surface area contributed by atoms with E-state index in [1.807, 2.05) is 6.92 Å². The lowest BCUT2D eigenvalue weighted by atomic mass is 10.0. The molecule has 0 aliphatic rings. The Morgan fingerprint density at radius 1 is 1.22 bits per heavy atom. The molecule has 0 bridgehead atoms. The molecule has 36 heavy (non-hydrogen) atoms. The van der Waals surface area contributed by atoms with E-state index in [-0.39, 0.29) is 26.3 Å². The molecular weight excluding hydrogens is 509 g/mol. The zero-order chi connectivity index (χ0) is 26.5. The highest BCUT2D eigenvalue weighted by atomic mass is 32.1. The van der Waals surface area contributed by atoms with Gasteiger partial charge in [-0.2, -0.15) is 23.4 Å². The van der Waals surface area contributed by atoms with E-state index in [0.717, 1.165) is 17.8 Å². The number of hydrogen-bond acceptors (Lipinski definition) is 6. The summed E-state index contributed by atoms with van der Waals surface area (Å²) >= 11 is 0.678. The number of aryl methyl sites for hydroxylation is 2. The largest absolute Gasteiger partial charge is 0.435 e. The van der Waals surface area contributed by atoms with Gasteiger partial charge in [0.05, 0.1) is 11.9 Å². The number of aromatic nitrogens is 5. The molecule has 0 fully saturated rings. The number of fused-ring (bicyclic) bond motifs is 1. The Morgan fingerprint density at radius 3 is 2.44 bits per heavy atom. The molecule has 0 saturated heterocycles. The van der Waals surface area contributed by atoms with E-state index in [4.69, 9.17) is 5.73 Å². The lowest BCUT2D eigenvalue weighted by molar-refractivity contribution is -0.141. The summed E-state index contributed by atoms with van der Waals surface area (Å²) in [5.74, 6) is -2.01. The van der Waals surface area contributed by atoms with Crippen molar-refractivity contribution in [3.05, 3.63) is 46.0 Å². The third kappa shape index (κ3) is 4.29. The standard InChI is InChI=1S/C21H18F5N7O2S/c1-4-33-8(2)10(7-28-33)9-5-11(17(22)23)29-20-14(9)15(16(36-20)18(27)34)30-19(35)12-6-13(21(24,25)26)31-32(12)3/h5-7,17H,4H2,1-3H3,(H2,27,34)(H,30,35). The number of anilines is 1. The Hall–Kier alpha value is -3.88.